The largest absolute Gasteiger partial charge is 0.464 e. The number of halogens is 1. The van der Waals surface area contributed by atoms with Gasteiger partial charge in [0.05, 0.1) is 33.7 Å². The Balaban J connectivity index is 1.43. The number of hydrogen-bond acceptors (Lipinski definition) is 2. The van der Waals surface area contributed by atoms with Crippen LogP contribution in [0.2, 0.25) is 0 Å². The van der Waals surface area contributed by atoms with E-state index >= 15 is 0 Å². The third-order valence-electron chi connectivity index (χ3n) is 7.94. The molecular weight excluding hydrogens is 611 g/mol. The summed E-state index contributed by atoms with van der Waals surface area (Å²) in [5.41, 5.74) is 8.38. The lowest BCUT2D eigenvalue weighted by Gasteiger charge is -2.06. The van der Waals surface area contributed by atoms with Gasteiger partial charge in [-0.1, -0.05) is 30.3 Å². The molecule has 5 heterocycles. The van der Waals surface area contributed by atoms with Gasteiger partial charge in [-0.15, -0.1) is 14.1 Å². The van der Waals surface area contributed by atoms with Gasteiger partial charge in [0, 0.05) is 38.4 Å². The van der Waals surface area contributed by atoms with E-state index in [1.165, 1.54) is 69.9 Å². The Morgan fingerprint density at radius 2 is 1.64 bits per heavy atom. The van der Waals surface area contributed by atoms with Crippen LogP contribution in [0.3, 0.4) is 0 Å². The summed E-state index contributed by atoms with van der Waals surface area (Å²) in [6.45, 7) is 0. The number of aromatic nitrogens is 2. The minimum absolute atomic E-state index is 0.876. The predicted octanol–water partition coefficient (Wildman–Crippen LogP) is 8.86. The molecule has 1 aliphatic rings. The van der Waals surface area contributed by atoms with Crippen LogP contribution in [0.4, 0.5) is 0 Å². The van der Waals surface area contributed by atoms with Crippen molar-refractivity contribution in [3.05, 3.63) is 121 Å². The maximum Gasteiger partial charge on any atom is 0.354 e. The Labute approximate surface area is 241 Å². The fraction of sp³-hybridized carbons (Fsp3) is 0. The molecule has 1 aliphatic heterocycles. The molecule has 0 saturated carbocycles. The second-order valence-electron chi connectivity index (χ2n) is 9.99. The minimum Gasteiger partial charge on any atom is -0.464 e. The second kappa shape index (κ2) is 7.97. The summed E-state index contributed by atoms with van der Waals surface area (Å²) >= 11 is 4.25. The molecule has 4 aromatic carbocycles. The molecule has 0 amide bonds. The highest BCUT2D eigenvalue weighted by molar-refractivity contribution is 14.1. The lowest BCUT2D eigenvalue weighted by atomic mass is 9.94. The number of fused-ring (bicyclic) bond motifs is 1. The molecule has 4 aromatic heterocycles. The van der Waals surface area contributed by atoms with Crippen LogP contribution in [0.25, 0.3) is 76.2 Å². The summed E-state index contributed by atoms with van der Waals surface area (Å²) in [4.78, 5) is 0. The van der Waals surface area contributed by atoms with Gasteiger partial charge in [-0.3, -0.25) is 0 Å². The van der Waals surface area contributed by atoms with Crippen molar-refractivity contribution in [1.29, 1.82) is 0 Å². The van der Waals surface area contributed by atoms with Crippen LogP contribution in [0.15, 0.2) is 114 Å². The molecule has 0 radical (unpaired) electrons. The standard InChI is InChI=1S/C34H19IN2OS/c35-37-15-4-3-10-26(37)22-8-2-1-7-20(22)18-27-24-13-14-30-33-31-23(9-5-12-29(31)39-30)25-17-21(28-11-6-16-38-28)19-36(27)34(25)32(24)33/h1-19H/q+2/b27-18-. The molecule has 0 fully saturated rings. The van der Waals surface area contributed by atoms with Crippen LogP contribution < -0.4 is 7.35 Å². The molecule has 9 rings (SSSR count). The molecule has 0 atom stereocenters. The number of furan rings is 1. The summed E-state index contributed by atoms with van der Waals surface area (Å²) < 4.78 is 13.1. The first-order valence-corrected chi connectivity index (χ1v) is 14.7. The number of hydrogen-bond donors (Lipinski definition) is 0. The van der Waals surface area contributed by atoms with Gasteiger partial charge in [0.15, 0.2) is 12.4 Å². The van der Waals surface area contributed by atoms with Gasteiger partial charge in [-0.25, -0.2) is 0 Å². The summed E-state index contributed by atoms with van der Waals surface area (Å²) in [5.74, 6) is 0.876. The van der Waals surface area contributed by atoms with Gasteiger partial charge in [-0.05, 0) is 59.5 Å². The molecule has 0 bridgehead atoms. The number of thiophene rings is 1. The van der Waals surface area contributed by atoms with Gasteiger partial charge >= 0.3 is 22.9 Å². The van der Waals surface area contributed by atoms with Gasteiger partial charge < -0.3 is 4.42 Å². The molecule has 0 spiro atoms. The average Bonchev–Trinajstić information content (AvgIpc) is 3.70. The van der Waals surface area contributed by atoms with Gasteiger partial charge in [0.2, 0.25) is 16.9 Å². The second-order valence-corrected chi connectivity index (χ2v) is 12.1. The highest BCUT2D eigenvalue weighted by Crippen LogP contribution is 2.49. The first kappa shape index (κ1) is 21.8. The topological polar surface area (TPSA) is 20.9 Å². The van der Waals surface area contributed by atoms with Crippen molar-refractivity contribution in [2.24, 2.45) is 0 Å². The normalized spacial score (nSPS) is 13.8. The SMILES string of the molecule is I[n+]1ccccc1-c1ccccc1/C=C1/c2ccc3sc4cccc5c6cc(-c7ccco7)c[n+]1c6c2c3c45. The summed E-state index contributed by atoms with van der Waals surface area (Å²) in [6.07, 6.45) is 8.45. The highest BCUT2D eigenvalue weighted by atomic mass is 127. The smallest absolute Gasteiger partial charge is 0.354 e. The number of nitrogens with zero attached hydrogens (tertiary/aromatic N) is 2. The third kappa shape index (κ3) is 2.97. The molecule has 0 N–H and O–H groups in total. The first-order valence-electron chi connectivity index (χ1n) is 12.9. The Kier molecular flexibility index (Phi) is 4.46. The zero-order chi connectivity index (χ0) is 25.7. The van der Waals surface area contributed by atoms with Gasteiger partial charge in [0.1, 0.15) is 5.76 Å². The van der Waals surface area contributed by atoms with E-state index in [1.54, 1.807) is 6.26 Å². The number of benzene rings is 4. The predicted molar refractivity (Wildman–Crippen MR) is 168 cm³/mol. The average molecular weight is 631 g/mol. The van der Waals surface area contributed by atoms with E-state index in [1.807, 2.05) is 23.5 Å². The Hall–Kier alpha value is -4.07. The minimum atomic E-state index is 0.876. The maximum atomic E-state index is 5.90. The van der Waals surface area contributed by atoms with Crippen molar-refractivity contribution < 1.29 is 11.8 Å². The van der Waals surface area contributed by atoms with Crippen LogP contribution in [-0.4, -0.2) is 0 Å². The first-order chi connectivity index (χ1) is 19.3. The summed E-state index contributed by atoms with van der Waals surface area (Å²) in [5, 5.41) is 6.68. The molecule has 0 unspecified atom stereocenters. The van der Waals surface area contributed by atoms with Gasteiger partial charge in [-0.2, -0.15) is 4.57 Å². The van der Waals surface area contributed by atoms with E-state index in [4.69, 9.17) is 4.42 Å². The van der Waals surface area contributed by atoms with E-state index in [0.717, 1.165) is 11.3 Å². The lowest BCUT2D eigenvalue weighted by Crippen LogP contribution is -2.30. The van der Waals surface area contributed by atoms with E-state index in [2.05, 4.69) is 128 Å². The van der Waals surface area contributed by atoms with Crippen molar-refractivity contribution in [3.8, 4) is 22.6 Å². The van der Waals surface area contributed by atoms with Crippen molar-refractivity contribution in [3.63, 3.8) is 0 Å². The van der Waals surface area contributed by atoms with Crippen LogP contribution in [-0.2, 0) is 0 Å². The number of rotatable bonds is 3. The van der Waals surface area contributed by atoms with E-state index in [0.29, 0.717) is 0 Å². The summed E-state index contributed by atoms with van der Waals surface area (Å²) in [6, 6.07) is 32.7. The van der Waals surface area contributed by atoms with E-state index in [-0.39, 0.29) is 0 Å². The zero-order valence-electron chi connectivity index (χ0n) is 20.6. The van der Waals surface area contributed by atoms with Crippen molar-refractivity contribution in [1.82, 2.24) is 0 Å². The Bertz CT molecular complexity index is 2300. The van der Waals surface area contributed by atoms with Crippen molar-refractivity contribution in [2.45, 2.75) is 0 Å². The molecule has 0 aliphatic carbocycles. The lowest BCUT2D eigenvalue weighted by molar-refractivity contribution is -0.544. The van der Waals surface area contributed by atoms with Crippen molar-refractivity contribution >= 4 is 87.8 Å². The van der Waals surface area contributed by atoms with Crippen LogP contribution in [0, 0.1) is 0 Å². The quantitative estimate of drug-likeness (QED) is 0.109. The maximum absolute atomic E-state index is 5.90. The van der Waals surface area contributed by atoms with E-state index in [9.17, 15) is 0 Å². The molecule has 0 saturated heterocycles. The third-order valence-corrected chi connectivity index (χ3v) is 9.90. The van der Waals surface area contributed by atoms with Crippen LogP contribution in [0.1, 0.15) is 11.1 Å². The Morgan fingerprint density at radius 3 is 2.54 bits per heavy atom. The van der Waals surface area contributed by atoms with E-state index < -0.39 is 0 Å². The molecule has 182 valence electrons. The van der Waals surface area contributed by atoms with Crippen LogP contribution in [0.5, 0.6) is 0 Å². The summed E-state index contributed by atoms with van der Waals surface area (Å²) in [7, 11) is 0. The highest BCUT2D eigenvalue weighted by Gasteiger charge is 2.35. The Morgan fingerprint density at radius 1 is 0.744 bits per heavy atom. The zero-order valence-corrected chi connectivity index (χ0v) is 23.5. The van der Waals surface area contributed by atoms with Crippen LogP contribution >= 0.6 is 34.2 Å². The molecule has 8 aromatic rings. The van der Waals surface area contributed by atoms with Gasteiger partial charge in [0.25, 0.3) is 0 Å². The molecule has 3 nitrogen and oxygen atoms in total. The van der Waals surface area contributed by atoms with Crippen molar-refractivity contribution in [2.75, 3.05) is 0 Å². The molecular formula is C34H19IN2OS+2. The fourth-order valence-electron chi connectivity index (χ4n) is 6.32. The molecule has 5 heteroatoms. The molecule has 39 heavy (non-hydrogen) atoms. The number of pyridine rings is 2. The monoisotopic (exact) mass is 630 g/mol. The fourth-order valence-corrected chi connectivity index (χ4v) is 8.07.